The molecule has 0 radical (unpaired) electrons. The lowest BCUT2D eigenvalue weighted by atomic mass is 10.3. The molecule has 0 unspecified atom stereocenters. The van der Waals surface area contributed by atoms with Crippen molar-refractivity contribution in [2.45, 2.75) is 0 Å². The van der Waals surface area contributed by atoms with E-state index in [-0.39, 0.29) is 5.78 Å². The van der Waals surface area contributed by atoms with Gasteiger partial charge < -0.3 is 4.74 Å². The molecule has 0 aliphatic carbocycles. The average molecular weight is 212 g/mol. The van der Waals surface area contributed by atoms with Crippen LogP contribution in [0.2, 0.25) is 0 Å². The van der Waals surface area contributed by atoms with E-state index < -0.39 is 0 Å². The van der Waals surface area contributed by atoms with Crippen LogP contribution in [-0.4, -0.2) is 18.1 Å². The predicted octanol–water partition coefficient (Wildman–Crippen LogP) is 2.54. The van der Waals surface area contributed by atoms with E-state index in [1.165, 1.54) is 11.3 Å². The molecule has 0 bridgehead atoms. The largest absolute Gasteiger partial charge is 0.486 e. The van der Waals surface area contributed by atoms with Gasteiger partial charge in [-0.15, -0.1) is 11.3 Å². The van der Waals surface area contributed by atoms with Crippen LogP contribution in [0, 0.1) is 0 Å². The predicted molar refractivity (Wildman–Crippen MR) is 55.1 cm³/mol. The van der Waals surface area contributed by atoms with Crippen LogP contribution in [0.5, 0.6) is 0 Å². The first-order valence-corrected chi connectivity index (χ1v) is 5.78. The topological polar surface area (TPSA) is 26.3 Å². The van der Waals surface area contributed by atoms with E-state index in [4.69, 9.17) is 4.74 Å². The highest BCUT2D eigenvalue weighted by Crippen LogP contribution is 2.24. The summed E-state index contributed by atoms with van der Waals surface area (Å²) in [5.41, 5.74) is 0. The SMILES string of the molecule is O=C(C=C1OCCS1)c1cccs1. The first-order valence-electron chi connectivity index (χ1n) is 3.91. The monoisotopic (exact) mass is 212 g/mol. The zero-order chi connectivity index (χ0) is 9.10. The van der Waals surface area contributed by atoms with Crippen LogP contribution in [0.1, 0.15) is 9.67 Å². The number of rotatable bonds is 2. The van der Waals surface area contributed by atoms with Gasteiger partial charge in [-0.2, -0.15) is 0 Å². The van der Waals surface area contributed by atoms with Gasteiger partial charge in [-0.3, -0.25) is 4.79 Å². The zero-order valence-corrected chi connectivity index (χ0v) is 8.49. The maximum Gasteiger partial charge on any atom is 0.199 e. The lowest BCUT2D eigenvalue weighted by Crippen LogP contribution is -1.91. The Bertz CT molecular complexity index is 319. The van der Waals surface area contributed by atoms with Gasteiger partial charge in [-0.25, -0.2) is 0 Å². The van der Waals surface area contributed by atoms with Crippen molar-refractivity contribution >= 4 is 28.9 Å². The molecule has 0 aromatic carbocycles. The third-order valence-electron chi connectivity index (χ3n) is 1.58. The smallest absolute Gasteiger partial charge is 0.199 e. The van der Waals surface area contributed by atoms with Crippen molar-refractivity contribution in [3.8, 4) is 0 Å². The number of hydrogen-bond donors (Lipinski definition) is 0. The number of carbonyl (C=O) groups excluding carboxylic acids is 1. The Morgan fingerprint density at radius 2 is 2.54 bits per heavy atom. The summed E-state index contributed by atoms with van der Waals surface area (Å²) in [6.07, 6.45) is 1.57. The van der Waals surface area contributed by atoms with E-state index in [0.29, 0.717) is 6.61 Å². The van der Waals surface area contributed by atoms with Crippen molar-refractivity contribution in [1.82, 2.24) is 0 Å². The Balaban J connectivity index is 2.10. The van der Waals surface area contributed by atoms with E-state index >= 15 is 0 Å². The average Bonchev–Trinajstić information content (AvgIpc) is 2.74. The van der Waals surface area contributed by atoms with Crippen molar-refractivity contribution in [3.63, 3.8) is 0 Å². The minimum Gasteiger partial charge on any atom is -0.486 e. The molecule has 1 aliphatic rings. The first kappa shape index (κ1) is 8.84. The third-order valence-corrected chi connectivity index (χ3v) is 3.36. The molecule has 0 amide bonds. The molecule has 2 heterocycles. The van der Waals surface area contributed by atoms with Crippen molar-refractivity contribution in [2.75, 3.05) is 12.4 Å². The Hall–Kier alpha value is -0.740. The van der Waals surface area contributed by atoms with Gasteiger partial charge in [-0.1, -0.05) is 17.8 Å². The fourth-order valence-corrected chi connectivity index (χ4v) is 2.37. The van der Waals surface area contributed by atoms with Gasteiger partial charge in [-0.05, 0) is 11.4 Å². The molecular weight excluding hydrogens is 204 g/mol. The number of allylic oxidation sites excluding steroid dienone is 1. The number of thiophene rings is 1. The lowest BCUT2D eigenvalue weighted by molar-refractivity contribution is 0.104. The van der Waals surface area contributed by atoms with Crippen LogP contribution in [-0.2, 0) is 4.74 Å². The van der Waals surface area contributed by atoms with Crippen molar-refractivity contribution in [1.29, 1.82) is 0 Å². The minimum absolute atomic E-state index is 0.0411. The van der Waals surface area contributed by atoms with Gasteiger partial charge in [0, 0.05) is 11.8 Å². The molecule has 68 valence electrons. The second-order valence-corrected chi connectivity index (χ2v) is 4.55. The standard InChI is InChI=1S/C9H8O2S2/c10-7(8-2-1-4-12-8)6-9-11-3-5-13-9/h1-2,4,6H,3,5H2. The number of thioether (sulfide) groups is 1. The minimum atomic E-state index is 0.0411. The maximum atomic E-state index is 11.5. The van der Waals surface area contributed by atoms with Gasteiger partial charge in [0.15, 0.2) is 10.9 Å². The van der Waals surface area contributed by atoms with Crippen LogP contribution in [0.4, 0.5) is 0 Å². The molecule has 1 aromatic rings. The van der Waals surface area contributed by atoms with Crippen LogP contribution >= 0.6 is 23.1 Å². The fourth-order valence-electron chi connectivity index (χ4n) is 1.01. The summed E-state index contributed by atoms with van der Waals surface area (Å²) in [6.45, 7) is 0.716. The number of ketones is 1. The summed E-state index contributed by atoms with van der Waals surface area (Å²) >= 11 is 3.05. The Labute approximate surface area is 84.6 Å². The second-order valence-electron chi connectivity index (χ2n) is 2.50. The van der Waals surface area contributed by atoms with E-state index in [1.807, 2.05) is 17.5 Å². The molecule has 0 saturated carbocycles. The second kappa shape index (κ2) is 3.98. The van der Waals surface area contributed by atoms with Gasteiger partial charge in [0.2, 0.25) is 0 Å². The molecule has 13 heavy (non-hydrogen) atoms. The maximum absolute atomic E-state index is 11.5. The lowest BCUT2D eigenvalue weighted by Gasteiger charge is -1.94. The van der Waals surface area contributed by atoms with E-state index in [9.17, 15) is 4.79 Å². The highest BCUT2D eigenvalue weighted by atomic mass is 32.2. The summed E-state index contributed by atoms with van der Waals surface area (Å²) < 4.78 is 5.23. The third kappa shape index (κ3) is 2.14. The zero-order valence-electron chi connectivity index (χ0n) is 6.86. The molecule has 2 rings (SSSR count). The quantitative estimate of drug-likeness (QED) is 0.556. The van der Waals surface area contributed by atoms with Crippen molar-refractivity contribution in [3.05, 3.63) is 33.6 Å². The number of hydrogen-bond acceptors (Lipinski definition) is 4. The normalized spacial score (nSPS) is 18.9. The fraction of sp³-hybridized carbons (Fsp3) is 0.222. The Morgan fingerprint density at radius 1 is 1.62 bits per heavy atom. The molecule has 2 nitrogen and oxygen atoms in total. The van der Waals surface area contributed by atoms with Crippen molar-refractivity contribution in [2.24, 2.45) is 0 Å². The molecular formula is C9H8O2S2. The molecule has 0 N–H and O–H groups in total. The number of carbonyl (C=O) groups is 1. The molecule has 1 aliphatic heterocycles. The molecule has 1 fully saturated rings. The summed E-state index contributed by atoms with van der Waals surface area (Å²) in [6, 6.07) is 3.70. The molecule has 1 saturated heterocycles. The van der Waals surface area contributed by atoms with Crippen LogP contribution in [0.3, 0.4) is 0 Å². The summed E-state index contributed by atoms with van der Waals surface area (Å²) in [4.78, 5) is 12.3. The van der Waals surface area contributed by atoms with E-state index in [0.717, 1.165) is 15.7 Å². The summed E-state index contributed by atoms with van der Waals surface area (Å²) in [5, 5.41) is 2.65. The van der Waals surface area contributed by atoms with Gasteiger partial charge in [0.05, 0.1) is 11.5 Å². The van der Waals surface area contributed by atoms with Crippen LogP contribution < -0.4 is 0 Å². The van der Waals surface area contributed by atoms with E-state index in [1.54, 1.807) is 17.8 Å². The Morgan fingerprint density at radius 3 is 3.15 bits per heavy atom. The molecule has 1 aromatic heterocycles. The van der Waals surface area contributed by atoms with E-state index in [2.05, 4.69) is 0 Å². The van der Waals surface area contributed by atoms with Crippen LogP contribution in [0.15, 0.2) is 28.7 Å². The number of ether oxygens (including phenoxy) is 1. The Kier molecular flexibility index (Phi) is 2.71. The van der Waals surface area contributed by atoms with Gasteiger partial charge >= 0.3 is 0 Å². The van der Waals surface area contributed by atoms with Gasteiger partial charge in [0.25, 0.3) is 0 Å². The summed E-state index contributed by atoms with van der Waals surface area (Å²) in [5.74, 6) is 0.989. The summed E-state index contributed by atoms with van der Waals surface area (Å²) in [7, 11) is 0. The molecule has 0 atom stereocenters. The molecule has 4 heteroatoms. The molecule has 0 spiro atoms. The van der Waals surface area contributed by atoms with Crippen molar-refractivity contribution < 1.29 is 9.53 Å². The van der Waals surface area contributed by atoms with Gasteiger partial charge in [0.1, 0.15) is 0 Å². The highest BCUT2D eigenvalue weighted by Gasteiger charge is 2.11. The highest BCUT2D eigenvalue weighted by molar-refractivity contribution is 8.03. The van der Waals surface area contributed by atoms with Crippen LogP contribution in [0.25, 0.3) is 0 Å². The first-order chi connectivity index (χ1) is 6.36.